The molecule has 0 aliphatic rings. The Bertz CT molecular complexity index is 1860. The van der Waals surface area contributed by atoms with Gasteiger partial charge in [0.25, 0.3) is 5.91 Å². The highest BCUT2D eigenvalue weighted by Crippen LogP contribution is 2.35. The van der Waals surface area contributed by atoms with E-state index in [1.54, 1.807) is 50.7 Å². The van der Waals surface area contributed by atoms with Crippen LogP contribution in [0.15, 0.2) is 72.9 Å². The largest absolute Gasteiger partial charge is 0.507 e. The molecular weight excluding hydrogens is 508 g/mol. The highest BCUT2D eigenvalue weighted by Gasteiger charge is 2.15. The number of amides is 1. The lowest BCUT2D eigenvalue weighted by atomic mass is 10.0. The number of hydrogen-bond acceptors (Lipinski definition) is 7. The number of nitrogens with one attached hydrogen (secondary N) is 3. The number of hydrogen-bond donors (Lipinski definition) is 4. The van der Waals surface area contributed by atoms with Gasteiger partial charge in [-0.2, -0.15) is 0 Å². The molecule has 3 aromatic heterocycles. The van der Waals surface area contributed by atoms with Gasteiger partial charge in [-0.1, -0.05) is 6.07 Å². The molecule has 3 aromatic carbocycles. The second-order valence-corrected chi connectivity index (χ2v) is 9.18. The van der Waals surface area contributed by atoms with Crippen LogP contribution in [0.2, 0.25) is 0 Å². The molecule has 0 saturated carbocycles. The monoisotopic (exact) mass is 534 g/mol. The summed E-state index contributed by atoms with van der Waals surface area (Å²) < 4.78 is 10.6. The number of rotatable bonds is 8. The number of aromatic amines is 2. The molecule has 40 heavy (non-hydrogen) atoms. The van der Waals surface area contributed by atoms with Gasteiger partial charge in [0.05, 0.1) is 41.8 Å². The summed E-state index contributed by atoms with van der Waals surface area (Å²) in [7, 11) is 3.19. The van der Waals surface area contributed by atoms with Gasteiger partial charge in [0.1, 0.15) is 23.1 Å². The molecule has 10 nitrogen and oxygen atoms in total. The minimum Gasteiger partial charge on any atom is -0.507 e. The summed E-state index contributed by atoms with van der Waals surface area (Å²) in [4.78, 5) is 32.8. The van der Waals surface area contributed by atoms with Crippen molar-refractivity contribution in [2.45, 2.75) is 6.42 Å². The predicted molar refractivity (Wildman–Crippen MR) is 152 cm³/mol. The van der Waals surface area contributed by atoms with Crippen molar-refractivity contribution in [1.82, 2.24) is 30.2 Å². The lowest BCUT2D eigenvalue weighted by Crippen LogP contribution is -2.25. The first-order chi connectivity index (χ1) is 19.5. The number of ether oxygens (including phenoxy) is 2. The molecule has 0 fully saturated rings. The van der Waals surface area contributed by atoms with Gasteiger partial charge in [-0.05, 0) is 60.2 Å². The molecular formula is C30H26N6O4. The van der Waals surface area contributed by atoms with Crippen molar-refractivity contribution in [3.05, 3.63) is 84.3 Å². The third-order valence-electron chi connectivity index (χ3n) is 6.66. The molecule has 1 amide bonds. The predicted octanol–water partition coefficient (Wildman–Crippen LogP) is 4.86. The van der Waals surface area contributed by atoms with Crippen molar-refractivity contribution in [2.24, 2.45) is 0 Å². The Morgan fingerprint density at radius 2 is 1.73 bits per heavy atom. The summed E-state index contributed by atoms with van der Waals surface area (Å²) >= 11 is 0. The van der Waals surface area contributed by atoms with Crippen molar-refractivity contribution >= 4 is 28.0 Å². The number of imidazole rings is 2. The van der Waals surface area contributed by atoms with Crippen molar-refractivity contribution in [1.29, 1.82) is 0 Å². The zero-order valence-corrected chi connectivity index (χ0v) is 21.9. The number of H-pyrrole nitrogens is 2. The number of nitrogens with zero attached hydrogens (tertiary/aromatic N) is 3. The zero-order valence-electron chi connectivity index (χ0n) is 21.9. The minimum absolute atomic E-state index is 0.0765. The van der Waals surface area contributed by atoms with Crippen molar-refractivity contribution < 1.29 is 19.4 Å². The number of aromatic hydroxyl groups is 1. The van der Waals surface area contributed by atoms with E-state index in [9.17, 15) is 9.90 Å². The van der Waals surface area contributed by atoms with E-state index < -0.39 is 0 Å². The summed E-state index contributed by atoms with van der Waals surface area (Å²) in [6.45, 7) is 0.417. The fourth-order valence-electron chi connectivity index (χ4n) is 4.63. The van der Waals surface area contributed by atoms with Crippen LogP contribution in [-0.2, 0) is 6.42 Å². The maximum atomic E-state index is 12.9. The SMILES string of the molecule is COc1ccc2nc(CCNC(=O)c3ccc4nc(-c5cc(-c6cccnc6OC)ccc5O)[nH]c4c3)[nH]c2c1. The quantitative estimate of drug-likeness (QED) is 0.219. The summed E-state index contributed by atoms with van der Waals surface area (Å²) in [6.07, 6.45) is 2.21. The van der Waals surface area contributed by atoms with Gasteiger partial charge in [0.15, 0.2) is 0 Å². The number of benzene rings is 3. The van der Waals surface area contributed by atoms with Crippen molar-refractivity contribution in [3.63, 3.8) is 0 Å². The smallest absolute Gasteiger partial charge is 0.251 e. The van der Waals surface area contributed by atoms with Gasteiger partial charge >= 0.3 is 0 Å². The number of phenols is 1. The molecule has 0 unspecified atom stereocenters. The van der Waals surface area contributed by atoms with Crippen LogP contribution in [0.3, 0.4) is 0 Å². The molecule has 6 rings (SSSR count). The molecule has 0 atom stereocenters. The Labute approximate surface area is 229 Å². The highest BCUT2D eigenvalue weighted by atomic mass is 16.5. The number of carbonyl (C=O) groups is 1. The van der Waals surface area contributed by atoms with E-state index in [1.807, 2.05) is 36.4 Å². The Morgan fingerprint density at radius 3 is 2.58 bits per heavy atom. The fraction of sp³-hybridized carbons (Fsp3) is 0.133. The first kappa shape index (κ1) is 24.9. The maximum Gasteiger partial charge on any atom is 0.251 e. The maximum absolute atomic E-state index is 12.9. The van der Waals surface area contributed by atoms with E-state index in [0.717, 1.165) is 33.7 Å². The van der Waals surface area contributed by atoms with Crippen LogP contribution in [-0.4, -0.2) is 56.7 Å². The number of pyridine rings is 1. The summed E-state index contributed by atoms with van der Waals surface area (Å²) in [5.41, 5.74) is 5.72. The van der Waals surface area contributed by atoms with E-state index in [1.165, 1.54) is 0 Å². The van der Waals surface area contributed by atoms with Crippen LogP contribution in [0.1, 0.15) is 16.2 Å². The van der Waals surface area contributed by atoms with Crippen molar-refractivity contribution in [3.8, 4) is 39.9 Å². The molecule has 0 spiro atoms. The van der Waals surface area contributed by atoms with Crippen LogP contribution in [0.5, 0.6) is 17.4 Å². The van der Waals surface area contributed by atoms with Gasteiger partial charge in [-0.15, -0.1) is 0 Å². The van der Waals surface area contributed by atoms with Gasteiger partial charge in [0.2, 0.25) is 5.88 Å². The lowest BCUT2D eigenvalue weighted by Gasteiger charge is -2.09. The van der Waals surface area contributed by atoms with Gasteiger partial charge in [-0.25, -0.2) is 15.0 Å². The molecule has 4 N–H and O–H groups in total. The average Bonchev–Trinajstić information content (AvgIpc) is 3.60. The Hall–Kier alpha value is -5.38. The van der Waals surface area contributed by atoms with Gasteiger partial charge in [0, 0.05) is 36.4 Å². The average molecular weight is 535 g/mol. The zero-order chi connectivity index (χ0) is 27.6. The highest BCUT2D eigenvalue weighted by molar-refractivity contribution is 5.97. The van der Waals surface area contributed by atoms with Crippen LogP contribution in [0.25, 0.3) is 44.6 Å². The van der Waals surface area contributed by atoms with E-state index in [2.05, 4.69) is 30.2 Å². The Balaban J connectivity index is 1.18. The lowest BCUT2D eigenvalue weighted by molar-refractivity contribution is 0.0954. The second kappa shape index (κ2) is 10.4. The number of fused-ring (bicyclic) bond motifs is 2. The molecule has 3 heterocycles. The van der Waals surface area contributed by atoms with E-state index in [4.69, 9.17) is 9.47 Å². The normalized spacial score (nSPS) is 11.2. The van der Waals surface area contributed by atoms with E-state index in [0.29, 0.717) is 46.8 Å². The first-order valence-corrected chi connectivity index (χ1v) is 12.7. The first-order valence-electron chi connectivity index (χ1n) is 12.7. The van der Waals surface area contributed by atoms with Gasteiger partial charge < -0.3 is 29.9 Å². The Kier molecular flexibility index (Phi) is 6.49. The number of carbonyl (C=O) groups excluding carboxylic acids is 1. The van der Waals surface area contributed by atoms with Crippen LogP contribution in [0, 0.1) is 0 Å². The van der Waals surface area contributed by atoms with E-state index >= 15 is 0 Å². The second-order valence-electron chi connectivity index (χ2n) is 9.18. The molecule has 0 radical (unpaired) electrons. The molecule has 200 valence electrons. The van der Waals surface area contributed by atoms with Crippen molar-refractivity contribution in [2.75, 3.05) is 20.8 Å². The minimum atomic E-state index is -0.204. The molecule has 0 saturated heterocycles. The van der Waals surface area contributed by atoms with Gasteiger partial charge in [-0.3, -0.25) is 4.79 Å². The third-order valence-corrected chi connectivity index (χ3v) is 6.66. The molecule has 0 aliphatic heterocycles. The number of methoxy groups -OCH3 is 2. The van der Waals surface area contributed by atoms with Crippen LogP contribution in [0.4, 0.5) is 0 Å². The fourth-order valence-corrected chi connectivity index (χ4v) is 4.63. The standard InChI is InChI=1S/C30H26N6O4/c1-39-19-7-9-22-25(16-19)34-27(33-22)11-13-31-29(38)18-5-8-23-24(15-18)36-28(35-23)21-14-17(6-10-26(21)37)20-4-3-12-32-30(20)40-2/h3-10,12,14-16,37H,11,13H2,1-2H3,(H,31,38)(H,33,34)(H,35,36). The van der Waals surface area contributed by atoms with Crippen LogP contribution < -0.4 is 14.8 Å². The topological polar surface area (TPSA) is 138 Å². The molecule has 0 bridgehead atoms. The number of phenolic OH excluding ortho intramolecular Hbond substituents is 1. The molecule has 0 aliphatic carbocycles. The Morgan fingerprint density at radius 1 is 0.900 bits per heavy atom. The third kappa shape index (κ3) is 4.78. The summed E-state index contributed by atoms with van der Waals surface area (Å²) in [6, 6.07) is 19.9. The summed E-state index contributed by atoms with van der Waals surface area (Å²) in [5, 5.41) is 13.6. The van der Waals surface area contributed by atoms with E-state index in [-0.39, 0.29) is 11.7 Å². The molecule has 6 aromatic rings. The number of aromatic nitrogens is 5. The van der Waals surface area contributed by atoms with Crippen LogP contribution >= 0.6 is 0 Å². The molecule has 10 heteroatoms. The summed E-state index contributed by atoms with van der Waals surface area (Å²) in [5.74, 6) is 2.38.